The number of amides is 2. The monoisotopic (exact) mass is 259 g/mol. The van der Waals surface area contributed by atoms with Gasteiger partial charge in [0.05, 0.1) is 0 Å². The number of nitrogens with one attached hydrogen (secondary N) is 2. The normalized spacial score (nSPS) is 23.5. The maximum Gasteiger partial charge on any atom is 0.322 e. The number of hydrogen-bond donors (Lipinski definition) is 2. The predicted molar refractivity (Wildman–Crippen MR) is 76.5 cm³/mol. The second-order valence-electron chi connectivity index (χ2n) is 5.36. The Bertz CT molecular complexity index is 454. The minimum atomic E-state index is 0.0315. The third-order valence-corrected chi connectivity index (χ3v) is 4.02. The average molecular weight is 259 g/mol. The van der Waals surface area contributed by atoms with E-state index in [0.717, 1.165) is 31.7 Å². The molecular weight excluding hydrogens is 238 g/mol. The van der Waals surface area contributed by atoms with Crippen LogP contribution in [0.15, 0.2) is 24.3 Å². The third kappa shape index (κ3) is 2.73. The Morgan fingerprint density at radius 3 is 2.84 bits per heavy atom. The van der Waals surface area contributed by atoms with Crippen molar-refractivity contribution in [3.63, 3.8) is 0 Å². The first kappa shape index (κ1) is 12.5. The number of carbonyl (C=O) groups is 1. The van der Waals surface area contributed by atoms with Crippen LogP contribution in [0.5, 0.6) is 0 Å². The highest BCUT2D eigenvalue weighted by Crippen LogP contribution is 2.24. The predicted octanol–water partition coefficient (Wildman–Crippen LogP) is 1.90. The van der Waals surface area contributed by atoms with Crippen LogP contribution in [-0.2, 0) is 6.42 Å². The molecule has 1 aromatic rings. The molecule has 0 saturated carbocycles. The second-order valence-corrected chi connectivity index (χ2v) is 5.36. The molecule has 102 valence electrons. The number of urea groups is 1. The lowest BCUT2D eigenvalue weighted by atomic mass is 9.96. The highest BCUT2D eigenvalue weighted by molar-refractivity contribution is 5.94. The molecule has 2 heterocycles. The lowest BCUT2D eigenvalue weighted by molar-refractivity contribution is 0.252. The summed E-state index contributed by atoms with van der Waals surface area (Å²) in [5, 5.41) is 6.45. The number of para-hydroxylation sites is 1. The van der Waals surface area contributed by atoms with Gasteiger partial charge < -0.3 is 10.6 Å². The molecule has 0 aliphatic carbocycles. The Balaban J connectivity index is 1.78. The summed E-state index contributed by atoms with van der Waals surface area (Å²) in [7, 11) is 0. The Morgan fingerprint density at radius 1 is 1.21 bits per heavy atom. The summed E-state index contributed by atoms with van der Waals surface area (Å²) in [5.74, 6) is 0. The molecule has 0 bridgehead atoms. The van der Waals surface area contributed by atoms with Crippen LogP contribution in [0.1, 0.15) is 24.8 Å². The van der Waals surface area contributed by atoms with Gasteiger partial charge in [0.15, 0.2) is 0 Å². The van der Waals surface area contributed by atoms with E-state index in [1.165, 1.54) is 24.8 Å². The molecule has 19 heavy (non-hydrogen) atoms. The summed E-state index contributed by atoms with van der Waals surface area (Å²) in [5.41, 5.74) is 2.35. The van der Waals surface area contributed by atoms with Gasteiger partial charge in [-0.05, 0) is 37.4 Å². The zero-order valence-electron chi connectivity index (χ0n) is 11.2. The highest BCUT2D eigenvalue weighted by Gasteiger charge is 2.24. The van der Waals surface area contributed by atoms with Gasteiger partial charge in [-0.25, -0.2) is 4.79 Å². The quantitative estimate of drug-likeness (QED) is 0.871. The maximum atomic E-state index is 11.8. The molecule has 2 saturated heterocycles. The van der Waals surface area contributed by atoms with Gasteiger partial charge >= 0.3 is 6.03 Å². The van der Waals surface area contributed by atoms with E-state index in [4.69, 9.17) is 0 Å². The summed E-state index contributed by atoms with van der Waals surface area (Å²) in [6.07, 6.45) is 4.84. The van der Waals surface area contributed by atoms with E-state index in [9.17, 15) is 4.79 Å². The van der Waals surface area contributed by atoms with Gasteiger partial charge in [0, 0.05) is 24.8 Å². The van der Waals surface area contributed by atoms with Crippen LogP contribution < -0.4 is 15.5 Å². The molecule has 2 amide bonds. The highest BCUT2D eigenvalue weighted by atomic mass is 16.2. The SMILES string of the molecule is O=C1NCCN1c1ccccc1CC1CCCCN1. The summed E-state index contributed by atoms with van der Waals surface area (Å²) in [6, 6.07) is 8.87. The van der Waals surface area contributed by atoms with Gasteiger partial charge in [-0.15, -0.1) is 0 Å². The van der Waals surface area contributed by atoms with Crippen LogP contribution in [0, 0.1) is 0 Å². The van der Waals surface area contributed by atoms with Crippen LogP contribution in [0.4, 0.5) is 10.5 Å². The largest absolute Gasteiger partial charge is 0.336 e. The standard InChI is InChI=1S/C15H21N3O/c19-15-17-9-10-18(15)14-7-2-1-5-12(14)11-13-6-3-4-8-16-13/h1-2,5,7,13,16H,3-4,6,8-11H2,(H,17,19). The summed E-state index contributed by atoms with van der Waals surface area (Å²) in [6.45, 7) is 2.64. The lowest BCUT2D eigenvalue weighted by Gasteiger charge is -2.26. The Labute approximate surface area is 114 Å². The molecule has 4 heteroatoms. The van der Waals surface area contributed by atoms with Crippen molar-refractivity contribution in [2.75, 3.05) is 24.5 Å². The molecule has 1 unspecified atom stereocenters. The second kappa shape index (κ2) is 5.61. The minimum Gasteiger partial charge on any atom is -0.336 e. The molecule has 2 fully saturated rings. The van der Waals surface area contributed by atoms with E-state index >= 15 is 0 Å². The van der Waals surface area contributed by atoms with E-state index in [1.54, 1.807) is 0 Å². The van der Waals surface area contributed by atoms with Crippen molar-refractivity contribution in [3.05, 3.63) is 29.8 Å². The number of anilines is 1. The van der Waals surface area contributed by atoms with Gasteiger partial charge in [0.25, 0.3) is 0 Å². The molecule has 1 atom stereocenters. The van der Waals surface area contributed by atoms with Crippen LogP contribution >= 0.6 is 0 Å². The smallest absolute Gasteiger partial charge is 0.322 e. The molecule has 0 radical (unpaired) electrons. The molecule has 2 aliphatic heterocycles. The molecular formula is C15H21N3O. The summed E-state index contributed by atoms with van der Waals surface area (Å²) in [4.78, 5) is 13.7. The van der Waals surface area contributed by atoms with E-state index in [2.05, 4.69) is 28.8 Å². The number of piperidine rings is 1. The van der Waals surface area contributed by atoms with Crippen LogP contribution in [-0.4, -0.2) is 31.7 Å². The van der Waals surface area contributed by atoms with Crippen molar-refractivity contribution in [1.82, 2.24) is 10.6 Å². The first-order valence-electron chi connectivity index (χ1n) is 7.21. The van der Waals surface area contributed by atoms with Crippen LogP contribution in [0.2, 0.25) is 0 Å². The van der Waals surface area contributed by atoms with E-state index in [-0.39, 0.29) is 6.03 Å². The van der Waals surface area contributed by atoms with Crippen LogP contribution in [0.3, 0.4) is 0 Å². The topological polar surface area (TPSA) is 44.4 Å². The molecule has 2 aliphatic rings. The van der Waals surface area contributed by atoms with Crippen LogP contribution in [0.25, 0.3) is 0 Å². The fourth-order valence-electron chi connectivity index (χ4n) is 3.01. The number of benzene rings is 1. The number of nitrogens with zero attached hydrogens (tertiary/aromatic N) is 1. The van der Waals surface area contributed by atoms with Crippen molar-refractivity contribution >= 4 is 11.7 Å². The molecule has 0 aromatic heterocycles. The van der Waals surface area contributed by atoms with Crippen molar-refractivity contribution in [1.29, 1.82) is 0 Å². The third-order valence-electron chi connectivity index (χ3n) is 4.02. The van der Waals surface area contributed by atoms with Gasteiger partial charge in [-0.3, -0.25) is 4.90 Å². The number of carbonyl (C=O) groups excluding carboxylic acids is 1. The molecule has 0 spiro atoms. The van der Waals surface area contributed by atoms with Gasteiger partial charge in [0.1, 0.15) is 0 Å². The van der Waals surface area contributed by atoms with Gasteiger partial charge in [-0.1, -0.05) is 24.6 Å². The van der Waals surface area contributed by atoms with E-state index in [0.29, 0.717) is 6.04 Å². The molecule has 3 rings (SSSR count). The zero-order valence-corrected chi connectivity index (χ0v) is 11.2. The Kier molecular flexibility index (Phi) is 3.69. The Morgan fingerprint density at radius 2 is 2.11 bits per heavy atom. The average Bonchev–Trinajstić information content (AvgIpc) is 2.87. The fraction of sp³-hybridized carbons (Fsp3) is 0.533. The van der Waals surface area contributed by atoms with E-state index < -0.39 is 0 Å². The van der Waals surface area contributed by atoms with Gasteiger partial charge in [-0.2, -0.15) is 0 Å². The Hall–Kier alpha value is -1.55. The zero-order chi connectivity index (χ0) is 13.1. The minimum absolute atomic E-state index is 0.0315. The van der Waals surface area contributed by atoms with Crippen molar-refractivity contribution in [2.24, 2.45) is 0 Å². The van der Waals surface area contributed by atoms with Crippen molar-refractivity contribution in [3.8, 4) is 0 Å². The van der Waals surface area contributed by atoms with Crippen molar-refractivity contribution in [2.45, 2.75) is 31.7 Å². The molecule has 2 N–H and O–H groups in total. The van der Waals surface area contributed by atoms with E-state index in [1.807, 2.05) is 11.0 Å². The summed E-state index contributed by atoms with van der Waals surface area (Å²) < 4.78 is 0. The lowest BCUT2D eigenvalue weighted by Crippen LogP contribution is -2.36. The van der Waals surface area contributed by atoms with Gasteiger partial charge in [0.2, 0.25) is 0 Å². The maximum absolute atomic E-state index is 11.8. The number of hydrogen-bond acceptors (Lipinski definition) is 2. The first-order chi connectivity index (χ1) is 9.34. The fourth-order valence-corrected chi connectivity index (χ4v) is 3.01. The molecule has 1 aromatic carbocycles. The first-order valence-corrected chi connectivity index (χ1v) is 7.21. The number of rotatable bonds is 3. The van der Waals surface area contributed by atoms with Crippen molar-refractivity contribution < 1.29 is 4.79 Å². The molecule has 4 nitrogen and oxygen atoms in total. The summed E-state index contributed by atoms with van der Waals surface area (Å²) >= 11 is 0.